The highest BCUT2D eigenvalue weighted by Crippen LogP contribution is 2.29. The summed E-state index contributed by atoms with van der Waals surface area (Å²) in [5, 5.41) is 16.1. The Labute approximate surface area is 158 Å². The molecule has 0 aliphatic rings. The van der Waals surface area contributed by atoms with Crippen molar-refractivity contribution < 1.29 is 24.0 Å². The van der Waals surface area contributed by atoms with E-state index in [-0.39, 0.29) is 18.1 Å². The molecule has 0 aliphatic heterocycles. The predicted molar refractivity (Wildman–Crippen MR) is 99.9 cm³/mol. The van der Waals surface area contributed by atoms with Gasteiger partial charge in [-0.3, -0.25) is 9.59 Å². The van der Waals surface area contributed by atoms with Gasteiger partial charge in [-0.05, 0) is 37.5 Å². The molecule has 2 aromatic rings. The lowest BCUT2D eigenvalue weighted by atomic mass is 9.88. The fourth-order valence-electron chi connectivity index (χ4n) is 3.09. The number of amides is 1. The standard InChI is InChI=1S/C20H26N2O5/c1-5-13(6-2)16-11-17(27-22-16)19(25)21-20(3,12-18(23)24)14-8-7-9-15(10-14)26-4/h7-11,13H,5-6,12H2,1-4H3,(H,21,25)(H,23,24). The second-order valence-corrected chi connectivity index (χ2v) is 6.72. The van der Waals surface area contributed by atoms with E-state index >= 15 is 0 Å². The number of methoxy groups -OCH3 is 1. The first-order valence-corrected chi connectivity index (χ1v) is 8.98. The zero-order valence-electron chi connectivity index (χ0n) is 16.1. The minimum atomic E-state index is -1.14. The first-order chi connectivity index (χ1) is 12.8. The number of carbonyl (C=O) groups excluding carboxylic acids is 1. The molecule has 2 N–H and O–H groups in total. The van der Waals surface area contributed by atoms with E-state index in [1.54, 1.807) is 37.3 Å². The van der Waals surface area contributed by atoms with E-state index < -0.39 is 17.4 Å². The van der Waals surface area contributed by atoms with Crippen LogP contribution >= 0.6 is 0 Å². The SMILES string of the molecule is CCC(CC)c1cc(C(=O)NC(C)(CC(=O)O)c2cccc(OC)c2)on1. The average Bonchev–Trinajstić information content (AvgIpc) is 3.12. The number of carboxylic acids is 1. The van der Waals surface area contributed by atoms with E-state index in [1.807, 2.05) is 0 Å². The zero-order valence-corrected chi connectivity index (χ0v) is 16.1. The van der Waals surface area contributed by atoms with Gasteiger partial charge in [0.15, 0.2) is 0 Å². The number of rotatable bonds is 9. The van der Waals surface area contributed by atoms with Crippen molar-refractivity contribution in [1.82, 2.24) is 10.5 Å². The molecule has 2 rings (SSSR count). The molecule has 27 heavy (non-hydrogen) atoms. The van der Waals surface area contributed by atoms with Crippen LogP contribution in [-0.2, 0) is 10.3 Å². The fraction of sp³-hybridized carbons (Fsp3) is 0.450. The molecule has 1 amide bonds. The van der Waals surface area contributed by atoms with Crippen molar-refractivity contribution in [2.45, 2.75) is 51.5 Å². The Morgan fingerprint density at radius 3 is 2.59 bits per heavy atom. The van der Waals surface area contributed by atoms with Crippen LogP contribution in [0.1, 0.15) is 67.8 Å². The molecule has 0 aliphatic carbocycles. The summed E-state index contributed by atoms with van der Waals surface area (Å²) in [6.45, 7) is 5.76. The molecule has 1 unspecified atom stereocenters. The third-order valence-electron chi connectivity index (χ3n) is 4.76. The highest BCUT2D eigenvalue weighted by Gasteiger charge is 2.33. The van der Waals surface area contributed by atoms with Crippen molar-refractivity contribution in [1.29, 1.82) is 0 Å². The summed E-state index contributed by atoms with van der Waals surface area (Å²) in [5.41, 5.74) is 0.211. The van der Waals surface area contributed by atoms with Crippen LogP contribution < -0.4 is 10.1 Å². The van der Waals surface area contributed by atoms with Crippen molar-refractivity contribution in [2.75, 3.05) is 7.11 Å². The zero-order chi connectivity index (χ0) is 20.0. The van der Waals surface area contributed by atoms with Gasteiger partial charge in [0.05, 0.1) is 24.8 Å². The Hall–Kier alpha value is -2.83. The maximum Gasteiger partial charge on any atom is 0.306 e. The van der Waals surface area contributed by atoms with Crippen LogP contribution in [0.25, 0.3) is 0 Å². The molecule has 0 saturated carbocycles. The number of aliphatic carboxylic acids is 1. The van der Waals surface area contributed by atoms with Crippen molar-refractivity contribution in [2.24, 2.45) is 0 Å². The van der Waals surface area contributed by atoms with E-state index in [2.05, 4.69) is 24.3 Å². The average molecular weight is 374 g/mol. The Bertz CT molecular complexity index is 797. The molecule has 146 valence electrons. The summed E-state index contributed by atoms with van der Waals surface area (Å²) >= 11 is 0. The summed E-state index contributed by atoms with van der Waals surface area (Å²) in [7, 11) is 1.53. The van der Waals surface area contributed by atoms with E-state index in [9.17, 15) is 14.7 Å². The number of hydrogen-bond acceptors (Lipinski definition) is 5. The number of ether oxygens (including phenoxy) is 1. The van der Waals surface area contributed by atoms with Crippen LogP contribution in [0.3, 0.4) is 0 Å². The summed E-state index contributed by atoms with van der Waals surface area (Å²) in [6, 6.07) is 8.59. The second kappa shape index (κ2) is 8.70. The molecule has 0 saturated heterocycles. The number of aromatic nitrogens is 1. The molecule has 1 atom stereocenters. The largest absolute Gasteiger partial charge is 0.497 e. The molecule has 0 spiro atoms. The molecule has 0 fully saturated rings. The summed E-state index contributed by atoms with van der Waals surface area (Å²) in [5.74, 6) is -0.674. The molecule has 7 heteroatoms. The molecule has 1 aromatic carbocycles. The van der Waals surface area contributed by atoms with Gasteiger partial charge in [0.1, 0.15) is 5.75 Å². The number of hydrogen-bond donors (Lipinski definition) is 2. The molecule has 1 aromatic heterocycles. The Morgan fingerprint density at radius 2 is 2.00 bits per heavy atom. The van der Waals surface area contributed by atoms with Crippen LogP contribution in [0.5, 0.6) is 5.75 Å². The summed E-state index contributed by atoms with van der Waals surface area (Å²) < 4.78 is 10.4. The molecule has 0 radical (unpaired) electrons. The predicted octanol–water partition coefficient (Wildman–Crippen LogP) is 3.71. The van der Waals surface area contributed by atoms with Crippen molar-refractivity contribution >= 4 is 11.9 Å². The van der Waals surface area contributed by atoms with E-state index in [4.69, 9.17) is 9.26 Å². The van der Waals surface area contributed by atoms with Crippen molar-refractivity contribution in [3.63, 3.8) is 0 Å². The minimum absolute atomic E-state index is 0.0661. The first kappa shape index (κ1) is 20.5. The van der Waals surface area contributed by atoms with Gasteiger partial charge in [-0.25, -0.2) is 0 Å². The van der Waals surface area contributed by atoms with Crippen LogP contribution in [0, 0.1) is 0 Å². The van der Waals surface area contributed by atoms with E-state index in [0.717, 1.165) is 18.5 Å². The fourth-order valence-corrected chi connectivity index (χ4v) is 3.09. The van der Waals surface area contributed by atoms with Crippen molar-refractivity contribution in [3.05, 3.63) is 47.3 Å². The lowest BCUT2D eigenvalue weighted by Crippen LogP contribution is -2.45. The lowest BCUT2D eigenvalue weighted by molar-refractivity contribution is -0.138. The topological polar surface area (TPSA) is 102 Å². The van der Waals surface area contributed by atoms with Crippen LogP contribution in [0.15, 0.2) is 34.9 Å². The Morgan fingerprint density at radius 1 is 1.30 bits per heavy atom. The third-order valence-corrected chi connectivity index (χ3v) is 4.76. The van der Waals surface area contributed by atoms with E-state index in [1.165, 1.54) is 7.11 Å². The van der Waals surface area contributed by atoms with Gasteiger partial charge in [0, 0.05) is 12.0 Å². The van der Waals surface area contributed by atoms with Crippen molar-refractivity contribution in [3.8, 4) is 5.75 Å². The van der Waals surface area contributed by atoms with Gasteiger partial charge in [0.2, 0.25) is 5.76 Å². The maximum atomic E-state index is 12.7. The smallest absolute Gasteiger partial charge is 0.306 e. The highest BCUT2D eigenvalue weighted by molar-refractivity contribution is 5.92. The monoisotopic (exact) mass is 374 g/mol. The second-order valence-electron chi connectivity index (χ2n) is 6.72. The molecular formula is C20H26N2O5. The Balaban J connectivity index is 2.30. The molecular weight excluding hydrogens is 348 g/mol. The van der Waals surface area contributed by atoms with Gasteiger partial charge < -0.3 is 19.7 Å². The van der Waals surface area contributed by atoms with Crippen LogP contribution in [-0.4, -0.2) is 29.2 Å². The van der Waals surface area contributed by atoms with Crippen LogP contribution in [0.4, 0.5) is 0 Å². The summed E-state index contributed by atoms with van der Waals surface area (Å²) in [6.07, 6.45) is 1.49. The number of nitrogens with zero attached hydrogens (tertiary/aromatic N) is 1. The van der Waals surface area contributed by atoms with Gasteiger partial charge in [-0.15, -0.1) is 0 Å². The Kier molecular flexibility index (Phi) is 6.60. The van der Waals surface area contributed by atoms with Gasteiger partial charge in [-0.2, -0.15) is 0 Å². The number of carbonyl (C=O) groups is 2. The highest BCUT2D eigenvalue weighted by atomic mass is 16.5. The summed E-state index contributed by atoms with van der Waals surface area (Å²) in [4.78, 5) is 24.1. The third kappa shape index (κ3) is 4.87. The van der Waals surface area contributed by atoms with Gasteiger partial charge in [0.25, 0.3) is 5.91 Å². The minimum Gasteiger partial charge on any atom is -0.497 e. The number of nitrogens with one attached hydrogen (secondary N) is 1. The number of carboxylic acid groups (broad SMARTS) is 1. The van der Waals surface area contributed by atoms with Crippen LogP contribution in [0.2, 0.25) is 0 Å². The van der Waals surface area contributed by atoms with E-state index in [0.29, 0.717) is 11.3 Å². The number of benzene rings is 1. The quantitative estimate of drug-likeness (QED) is 0.694. The molecule has 1 heterocycles. The molecule has 0 bridgehead atoms. The molecule has 7 nitrogen and oxygen atoms in total. The lowest BCUT2D eigenvalue weighted by Gasteiger charge is -2.29. The normalized spacial score (nSPS) is 13.2. The first-order valence-electron chi connectivity index (χ1n) is 8.98. The maximum absolute atomic E-state index is 12.7. The van der Waals surface area contributed by atoms with Gasteiger partial charge >= 0.3 is 5.97 Å². The van der Waals surface area contributed by atoms with Gasteiger partial charge in [-0.1, -0.05) is 31.1 Å².